The van der Waals surface area contributed by atoms with Gasteiger partial charge >= 0.3 is 5.97 Å². The highest BCUT2D eigenvalue weighted by Gasteiger charge is 2.07. The highest BCUT2D eigenvalue weighted by atomic mass is 16.4. The van der Waals surface area contributed by atoms with Crippen molar-refractivity contribution in [3.8, 4) is 0 Å². The SMILES string of the molecule is CNCCN(CCNC)CCNC(=O)CCC(=O)O. The summed E-state index contributed by atoms with van der Waals surface area (Å²) < 4.78 is 0. The van der Waals surface area contributed by atoms with Crippen LogP contribution in [0.4, 0.5) is 0 Å². The van der Waals surface area contributed by atoms with Crippen molar-refractivity contribution in [2.45, 2.75) is 12.8 Å². The number of carbonyl (C=O) groups excluding carboxylic acids is 1. The van der Waals surface area contributed by atoms with Gasteiger partial charge in [0.25, 0.3) is 0 Å². The molecule has 0 unspecified atom stereocenters. The zero-order chi connectivity index (χ0) is 14.5. The van der Waals surface area contributed by atoms with Crippen LogP contribution in [0.25, 0.3) is 0 Å². The smallest absolute Gasteiger partial charge is 0.303 e. The molecule has 7 heteroatoms. The van der Waals surface area contributed by atoms with Gasteiger partial charge in [0.2, 0.25) is 5.91 Å². The Morgan fingerprint density at radius 3 is 1.95 bits per heavy atom. The lowest BCUT2D eigenvalue weighted by atomic mass is 10.3. The van der Waals surface area contributed by atoms with Gasteiger partial charge in [-0.05, 0) is 14.1 Å². The molecule has 19 heavy (non-hydrogen) atoms. The van der Waals surface area contributed by atoms with E-state index in [1.165, 1.54) is 0 Å². The Morgan fingerprint density at radius 1 is 0.947 bits per heavy atom. The number of rotatable bonds is 12. The average Bonchev–Trinajstić information content (AvgIpc) is 2.38. The first-order valence-electron chi connectivity index (χ1n) is 6.60. The lowest BCUT2D eigenvalue weighted by Gasteiger charge is -2.22. The maximum absolute atomic E-state index is 11.3. The second-order valence-electron chi connectivity index (χ2n) is 4.29. The van der Waals surface area contributed by atoms with Gasteiger partial charge in [0.1, 0.15) is 0 Å². The monoisotopic (exact) mass is 274 g/mol. The number of likely N-dealkylation sites (N-methyl/N-ethyl adjacent to an activating group) is 2. The molecule has 1 amide bonds. The van der Waals surface area contributed by atoms with Gasteiger partial charge in [0, 0.05) is 45.7 Å². The lowest BCUT2D eigenvalue weighted by Crippen LogP contribution is -2.40. The van der Waals surface area contributed by atoms with Gasteiger partial charge in [-0.25, -0.2) is 0 Å². The van der Waals surface area contributed by atoms with E-state index in [2.05, 4.69) is 20.9 Å². The minimum atomic E-state index is -0.945. The number of carbonyl (C=O) groups is 2. The lowest BCUT2D eigenvalue weighted by molar-refractivity contribution is -0.138. The quantitative estimate of drug-likeness (QED) is 0.354. The predicted octanol–water partition coefficient (Wildman–Crippen LogP) is -1.29. The molecule has 0 aromatic heterocycles. The van der Waals surface area contributed by atoms with E-state index in [0.717, 1.165) is 32.7 Å². The third-order valence-corrected chi connectivity index (χ3v) is 2.67. The first-order valence-corrected chi connectivity index (χ1v) is 6.60. The van der Waals surface area contributed by atoms with E-state index in [-0.39, 0.29) is 18.7 Å². The Hall–Kier alpha value is -1.18. The number of carboxylic acids is 1. The molecule has 0 aromatic rings. The van der Waals surface area contributed by atoms with Crippen LogP contribution in [0.2, 0.25) is 0 Å². The minimum Gasteiger partial charge on any atom is -0.481 e. The molecule has 0 aromatic carbocycles. The van der Waals surface area contributed by atoms with Crippen molar-refractivity contribution in [2.75, 3.05) is 53.4 Å². The fraction of sp³-hybridized carbons (Fsp3) is 0.833. The van der Waals surface area contributed by atoms with Gasteiger partial charge < -0.3 is 21.1 Å². The predicted molar refractivity (Wildman–Crippen MR) is 74.2 cm³/mol. The number of hydrogen-bond donors (Lipinski definition) is 4. The molecule has 0 rings (SSSR count). The summed E-state index contributed by atoms with van der Waals surface area (Å²) in [6.07, 6.45) is -0.0720. The van der Waals surface area contributed by atoms with Gasteiger partial charge in [-0.1, -0.05) is 0 Å². The highest BCUT2D eigenvalue weighted by Crippen LogP contribution is 1.89. The molecule has 0 saturated carbocycles. The molecular weight excluding hydrogens is 248 g/mol. The number of nitrogens with zero attached hydrogens (tertiary/aromatic N) is 1. The summed E-state index contributed by atoms with van der Waals surface area (Å²) >= 11 is 0. The molecule has 0 saturated heterocycles. The standard InChI is InChI=1S/C12H26N4O3/c1-13-5-8-16(9-6-14-2)10-7-15-11(17)3-4-12(18)19/h13-14H,3-10H2,1-2H3,(H,15,17)(H,18,19). The van der Waals surface area contributed by atoms with Crippen molar-refractivity contribution < 1.29 is 14.7 Å². The molecular formula is C12H26N4O3. The van der Waals surface area contributed by atoms with Crippen LogP contribution in [0.15, 0.2) is 0 Å². The van der Waals surface area contributed by atoms with Crippen molar-refractivity contribution in [1.29, 1.82) is 0 Å². The number of nitrogens with one attached hydrogen (secondary N) is 3. The summed E-state index contributed by atoms with van der Waals surface area (Å²) in [5.41, 5.74) is 0. The van der Waals surface area contributed by atoms with E-state index in [4.69, 9.17) is 5.11 Å². The van der Waals surface area contributed by atoms with Gasteiger partial charge in [-0.3, -0.25) is 14.5 Å². The molecule has 4 N–H and O–H groups in total. The molecule has 0 fully saturated rings. The molecule has 0 aliphatic carbocycles. The largest absolute Gasteiger partial charge is 0.481 e. The van der Waals surface area contributed by atoms with E-state index >= 15 is 0 Å². The van der Waals surface area contributed by atoms with Crippen LogP contribution in [-0.4, -0.2) is 75.2 Å². The zero-order valence-corrected chi connectivity index (χ0v) is 11.9. The number of amides is 1. The van der Waals surface area contributed by atoms with Gasteiger partial charge in [-0.2, -0.15) is 0 Å². The Morgan fingerprint density at radius 2 is 1.47 bits per heavy atom. The fourth-order valence-electron chi connectivity index (χ4n) is 1.54. The van der Waals surface area contributed by atoms with Gasteiger partial charge in [0.15, 0.2) is 0 Å². The van der Waals surface area contributed by atoms with Crippen LogP contribution in [0, 0.1) is 0 Å². The molecule has 0 aliphatic heterocycles. The van der Waals surface area contributed by atoms with Crippen molar-refractivity contribution in [3.05, 3.63) is 0 Å². The van der Waals surface area contributed by atoms with Crippen LogP contribution < -0.4 is 16.0 Å². The number of hydrogen-bond acceptors (Lipinski definition) is 5. The normalized spacial score (nSPS) is 10.7. The topological polar surface area (TPSA) is 93.7 Å². The summed E-state index contributed by atoms with van der Waals surface area (Å²) in [5, 5.41) is 17.4. The van der Waals surface area contributed by atoms with E-state index < -0.39 is 5.97 Å². The van der Waals surface area contributed by atoms with Crippen molar-refractivity contribution >= 4 is 11.9 Å². The third-order valence-electron chi connectivity index (χ3n) is 2.67. The maximum atomic E-state index is 11.3. The molecule has 0 radical (unpaired) electrons. The Labute approximate surface area is 114 Å². The molecule has 112 valence electrons. The Bertz CT molecular complexity index is 253. The average molecular weight is 274 g/mol. The van der Waals surface area contributed by atoms with E-state index in [1.807, 2.05) is 14.1 Å². The van der Waals surface area contributed by atoms with Crippen LogP contribution >= 0.6 is 0 Å². The van der Waals surface area contributed by atoms with Crippen LogP contribution in [0.3, 0.4) is 0 Å². The molecule has 7 nitrogen and oxygen atoms in total. The van der Waals surface area contributed by atoms with Crippen LogP contribution in [-0.2, 0) is 9.59 Å². The van der Waals surface area contributed by atoms with Crippen LogP contribution in [0.1, 0.15) is 12.8 Å². The second-order valence-corrected chi connectivity index (χ2v) is 4.29. The van der Waals surface area contributed by atoms with E-state index in [9.17, 15) is 9.59 Å². The Kier molecular flexibility index (Phi) is 11.1. The highest BCUT2D eigenvalue weighted by molar-refractivity contribution is 5.80. The number of carboxylic acid groups (broad SMARTS) is 1. The summed E-state index contributed by atoms with van der Waals surface area (Å²) in [7, 11) is 3.81. The van der Waals surface area contributed by atoms with Gasteiger partial charge in [-0.15, -0.1) is 0 Å². The minimum absolute atomic E-state index is 0.0440. The molecule has 0 heterocycles. The van der Waals surface area contributed by atoms with E-state index in [0.29, 0.717) is 6.54 Å². The third kappa shape index (κ3) is 11.6. The van der Waals surface area contributed by atoms with Crippen LogP contribution in [0.5, 0.6) is 0 Å². The summed E-state index contributed by atoms with van der Waals surface area (Å²) in [6, 6.07) is 0. The van der Waals surface area contributed by atoms with E-state index in [1.54, 1.807) is 0 Å². The summed E-state index contributed by atoms with van der Waals surface area (Å²) in [6.45, 7) is 4.95. The molecule has 0 atom stereocenters. The fourth-order valence-corrected chi connectivity index (χ4v) is 1.54. The summed E-state index contributed by atoms with van der Waals surface area (Å²) in [4.78, 5) is 23.9. The van der Waals surface area contributed by atoms with Gasteiger partial charge in [0.05, 0.1) is 6.42 Å². The first kappa shape index (κ1) is 17.8. The second kappa shape index (κ2) is 11.9. The molecule has 0 spiro atoms. The van der Waals surface area contributed by atoms with Crippen molar-refractivity contribution in [1.82, 2.24) is 20.9 Å². The summed E-state index contributed by atoms with van der Waals surface area (Å²) in [5.74, 6) is -1.15. The van der Waals surface area contributed by atoms with Crippen molar-refractivity contribution in [3.63, 3.8) is 0 Å². The molecule has 0 aliphatic rings. The maximum Gasteiger partial charge on any atom is 0.303 e. The molecule has 0 bridgehead atoms. The Balaban J connectivity index is 3.76. The van der Waals surface area contributed by atoms with Crippen molar-refractivity contribution in [2.24, 2.45) is 0 Å². The zero-order valence-electron chi connectivity index (χ0n) is 11.9. The number of aliphatic carboxylic acids is 1. The first-order chi connectivity index (χ1) is 9.10.